The van der Waals surface area contributed by atoms with Crippen LogP contribution in [-0.2, 0) is 0 Å². The second-order valence-electron chi connectivity index (χ2n) is 1.72. The van der Waals surface area contributed by atoms with Crippen LogP contribution >= 0.6 is 0 Å². The lowest BCUT2D eigenvalue weighted by molar-refractivity contribution is 0.712. The third kappa shape index (κ3) is 2.27. The monoisotopic (exact) mass is 83.1 g/mol. The van der Waals surface area contributed by atoms with E-state index in [0.29, 0.717) is 0 Å². The average Bonchev–Trinajstić information content (AvgIpc) is 1.36. The van der Waals surface area contributed by atoms with Crippen molar-refractivity contribution in [3.8, 4) is 0 Å². The van der Waals surface area contributed by atoms with E-state index in [1.165, 1.54) is 0 Å². The molecule has 0 saturated carbocycles. The van der Waals surface area contributed by atoms with Crippen LogP contribution in [0.25, 0.3) is 0 Å². The Morgan fingerprint density at radius 2 is 1.67 bits per heavy atom. The standard InChI is InChI=1S/C4H10BN/c1-3(5)4(2)6/h3-4H,6H2,1-2H3/t3?,4-/m0/s1. The van der Waals surface area contributed by atoms with Crippen molar-refractivity contribution in [3.05, 3.63) is 0 Å². The molecule has 0 spiro atoms. The smallest absolute Gasteiger partial charge is 0.0716 e. The second kappa shape index (κ2) is 2.24. The van der Waals surface area contributed by atoms with Gasteiger partial charge in [0.25, 0.3) is 0 Å². The molecule has 0 rings (SSSR count). The van der Waals surface area contributed by atoms with Gasteiger partial charge in [-0.3, -0.25) is 0 Å². The molecule has 2 heteroatoms. The molecule has 0 fully saturated rings. The molecule has 1 unspecified atom stereocenters. The van der Waals surface area contributed by atoms with Gasteiger partial charge in [-0.25, -0.2) is 0 Å². The Hall–Kier alpha value is 0.0249. The summed E-state index contributed by atoms with van der Waals surface area (Å²) in [6.45, 7) is 3.79. The maximum Gasteiger partial charge on any atom is 0.0716 e. The Balaban J connectivity index is 2.99. The van der Waals surface area contributed by atoms with Gasteiger partial charge >= 0.3 is 0 Å². The molecule has 34 valence electrons. The Bertz CT molecular complexity index is 28.5. The van der Waals surface area contributed by atoms with Gasteiger partial charge in [0.2, 0.25) is 0 Å². The average molecular weight is 82.9 g/mol. The van der Waals surface area contributed by atoms with Gasteiger partial charge < -0.3 is 5.73 Å². The molecular weight excluding hydrogens is 72.9 g/mol. The molecule has 0 aromatic heterocycles. The Morgan fingerprint density at radius 1 is 1.50 bits per heavy atom. The van der Waals surface area contributed by atoms with Crippen LogP contribution in [0, 0.1) is 0 Å². The van der Waals surface area contributed by atoms with Crippen molar-refractivity contribution >= 4 is 7.85 Å². The first-order valence-corrected chi connectivity index (χ1v) is 2.15. The normalized spacial score (nSPS) is 19.8. The highest BCUT2D eigenvalue weighted by Crippen LogP contribution is 1.97. The van der Waals surface area contributed by atoms with Crippen LogP contribution in [-0.4, -0.2) is 13.9 Å². The first-order chi connectivity index (χ1) is 2.64. The van der Waals surface area contributed by atoms with E-state index in [0.717, 1.165) is 0 Å². The van der Waals surface area contributed by atoms with E-state index in [4.69, 9.17) is 13.6 Å². The van der Waals surface area contributed by atoms with Gasteiger partial charge in [-0.1, -0.05) is 19.7 Å². The molecule has 6 heavy (non-hydrogen) atoms. The predicted molar refractivity (Wildman–Crippen MR) is 28.8 cm³/mol. The summed E-state index contributed by atoms with van der Waals surface area (Å²) < 4.78 is 0. The number of nitrogens with two attached hydrogens (primary N) is 1. The third-order valence-electron chi connectivity index (χ3n) is 0.829. The summed E-state index contributed by atoms with van der Waals surface area (Å²) in [7, 11) is 5.31. The molecule has 0 aliphatic carbocycles. The summed E-state index contributed by atoms with van der Waals surface area (Å²) >= 11 is 0. The molecule has 0 aliphatic heterocycles. The van der Waals surface area contributed by atoms with Crippen LogP contribution in [0.2, 0.25) is 5.82 Å². The SMILES string of the molecule is [B]C(C)[C@H](C)N. The van der Waals surface area contributed by atoms with E-state index in [2.05, 4.69) is 0 Å². The summed E-state index contributed by atoms with van der Waals surface area (Å²) in [6, 6.07) is 0.130. The lowest BCUT2D eigenvalue weighted by Gasteiger charge is -2.06. The fourth-order valence-corrected chi connectivity index (χ4v) is 0. The second-order valence-corrected chi connectivity index (χ2v) is 1.72. The molecule has 0 heterocycles. The Labute approximate surface area is 40.3 Å². The molecule has 0 amide bonds. The number of hydrogen-bond acceptors (Lipinski definition) is 1. The zero-order chi connectivity index (χ0) is 5.15. The minimum Gasteiger partial charge on any atom is -0.328 e. The highest BCUT2D eigenvalue weighted by molar-refractivity contribution is 6.11. The van der Waals surface area contributed by atoms with Gasteiger partial charge in [0, 0.05) is 0 Å². The molecule has 0 aromatic carbocycles. The highest BCUT2D eigenvalue weighted by atomic mass is 14.6. The molecule has 1 nitrogen and oxygen atoms in total. The third-order valence-corrected chi connectivity index (χ3v) is 0.829. The molecule has 0 aliphatic rings. The van der Waals surface area contributed by atoms with Crippen molar-refractivity contribution < 1.29 is 0 Å². The van der Waals surface area contributed by atoms with Crippen molar-refractivity contribution in [1.29, 1.82) is 0 Å². The summed E-state index contributed by atoms with van der Waals surface area (Å²) in [4.78, 5) is 0. The molecule has 2 atom stereocenters. The maximum absolute atomic E-state index is 5.31. The summed E-state index contributed by atoms with van der Waals surface area (Å²) in [5.74, 6) is 0.130. The molecule has 0 aromatic rings. The summed E-state index contributed by atoms with van der Waals surface area (Å²) in [6.07, 6.45) is 0. The van der Waals surface area contributed by atoms with E-state index >= 15 is 0 Å². The quantitative estimate of drug-likeness (QED) is 0.453. The minimum absolute atomic E-state index is 0.130. The maximum atomic E-state index is 5.31. The van der Waals surface area contributed by atoms with E-state index in [1.54, 1.807) is 0 Å². The first-order valence-electron chi connectivity index (χ1n) is 2.15. The van der Waals surface area contributed by atoms with Crippen LogP contribution in [0.4, 0.5) is 0 Å². The molecule has 0 saturated heterocycles. The highest BCUT2D eigenvalue weighted by Gasteiger charge is 1.95. The van der Waals surface area contributed by atoms with Crippen molar-refractivity contribution in [3.63, 3.8) is 0 Å². The Kier molecular flexibility index (Phi) is 2.25. The van der Waals surface area contributed by atoms with Crippen LogP contribution in [0.15, 0.2) is 0 Å². The molecular formula is C4H10BN. The summed E-state index contributed by atoms with van der Waals surface area (Å²) in [5, 5.41) is 0. The first kappa shape index (κ1) is 6.02. The fourth-order valence-electron chi connectivity index (χ4n) is 0. The van der Waals surface area contributed by atoms with Gasteiger partial charge in [-0.15, -0.1) is 0 Å². The fraction of sp³-hybridized carbons (Fsp3) is 1.00. The molecule has 2 N–H and O–H groups in total. The van der Waals surface area contributed by atoms with E-state index in [9.17, 15) is 0 Å². The van der Waals surface area contributed by atoms with Crippen LogP contribution in [0.1, 0.15) is 13.8 Å². The topological polar surface area (TPSA) is 26.0 Å². The van der Waals surface area contributed by atoms with Crippen LogP contribution in [0.3, 0.4) is 0 Å². The zero-order valence-electron chi connectivity index (χ0n) is 4.31. The number of rotatable bonds is 1. The van der Waals surface area contributed by atoms with Gasteiger partial charge in [-0.2, -0.15) is 0 Å². The van der Waals surface area contributed by atoms with Crippen molar-refractivity contribution in [2.24, 2.45) is 5.73 Å². The van der Waals surface area contributed by atoms with E-state index < -0.39 is 0 Å². The number of hydrogen-bond donors (Lipinski definition) is 1. The largest absolute Gasteiger partial charge is 0.328 e. The Morgan fingerprint density at radius 3 is 1.67 bits per heavy atom. The van der Waals surface area contributed by atoms with E-state index in [1.807, 2.05) is 13.8 Å². The van der Waals surface area contributed by atoms with Gasteiger partial charge in [-0.05, 0) is 6.04 Å². The van der Waals surface area contributed by atoms with Crippen molar-refractivity contribution in [2.45, 2.75) is 25.7 Å². The van der Waals surface area contributed by atoms with Gasteiger partial charge in [0.05, 0.1) is 7.85 Å². The van der Waals surface area contributed by atoms with Crippen molar-refractivity contribution in [1.82, 2.24) is 0 Å². The zero-order valence-corrected chi connectivity index (χ0v) is 4.31. The summed E-state index contributed by atoms with van der Waals surface area (Å²) in [5.41, 5.74) is 5.31. The van der Waals surface area contributed by atoms with Crippen LogP contribution < -0.4 is 5.73 Å². The molecule has 2 radical (unpaired) electrons. The predicted octanol–water partition coefficient (Wildman–Crippen LogP) is 0.311. The van der Waals surface area contributed by atoms with Crippen LogP contribution in [0.5, 0.6) is 0 Å². The lowest BCUT2D eigenvalue weighted by atomic mass is 9.84. The van der Waals surface area contributed by atoms with E-state index in [-0.39, 0.29) is 11.9 Å². The molecule has 0 bridgehead atoms. The van der Waals surface area contributed by atoms with Gasteiger partial charge in [0.15, 0.2) is 0 Å². The van der Waals surface area contributed by atoms with Gasteiger partial charge in [0.1, 0.15) is 0 Å². The van der Waals surface area contributed by atoms with Crippen molar-refractivity contribution in [2.75, 3.05) is 0 Å². The lowest BCUT2D eigenvalue weighted by Crippen LogP contribution is -2.19. The minimum atomic E-state index is 0.130.